The molecule has 4 heteroatoms. The maximum Gasteiger partial charge on any atom is 0.309 e. The number of ether oxygens (including phenoxy) is 1. The molecule has 0 aromatic heterocycles. The second kappa shape index (κ2) is 11.0. The lowest BCUT2D eigenvalue weighted by atomic mass is 9.33. The average molecular weight is 604 g/mol. The maximum atomic E-state index is 13.6. The highest BCUT2D eigenvalue weighted by Gasteiger charge is 2.69. The van der Waals surface area contributed by atoms with Crippen LogP contribution in [0.4, 0.5) is 0 Å². The van der Waals surface area contributed by atoms with Crippen LogP contribution in [-0.2, 0) is 14.3 Å². The summed E-state index contributed by atoms with van der Waals surface area (Å²) in [6, 6.07) is 0. The molecule has 0 aromatic carbocycles. The standard InChI is InChI=1S/C40H61NO3/c1-9-44-35(43)27-12-10-26(11-13-27)28-16-18-37(6)31(36(28,4)5)17-19-39(8)32(37)15-14-29-34-33(25(2)3)30(42)24-40(34,22-23-41)21-20-38(29,39)7/h10,16,25,27,29,31-32H,9,11-15,17-24,41H2,1-8H3/t27?,29-,31?,32?,37+,38-,39-,40-/m1/s1. The summed E-state index contributed by atoms with van der Waals surface area (Å²) in [5.74, 6) is 2.55. The first kappa shape index (κ1) is 32.3. The van der Waals surface area contributed by atoms with Gasteiger partial charge in [0.1, 0.15) is 0 Å². The third-order valence-electron chi connectivity index (χ3n) is 15.2. The van der Waals surface area contributed by atoms with Gasteiger partial charge in [0.2, 0.25) is 0 Å². The van der Waals surface area contributed by atoms with E-state index in [0.29, 0.717) is 49.0 Å². The molecule has 3 saturated carbocycles. The second-order valence-electron chi connectivity index (χ2n) is 17.5. The fourth-order valence-corrected chi connectivity index (χ4v) is 13.0. The zero-order chi connectivity index (χ0) is 31.9. The van der Waals surface area contributed by atoms with Gasteiger partial charge in [0.15, 0.2) is 5.78 Å². The Balaban J connectivity index is 1.33. The third kappa shape index (κ3) is 4.38. The Labute approximate surface area is 268 Å². The van der Waals surface area contributed by atoms with Crippen LogP contribution in [0.5, 0.6) is 0 Å². The van der Waals surface area contributed by atoms with Crippen molar-refractivity contribution in [2.45, 2.75) is 132 Å². The monoisotopic (exact) mass is 603 g/mol. The molecular formula is C40H61NO3. The number of rotatable bonds is 6. The van der Waals surface area contributed by atoms with E-state index in [1.54, 1.807) is 11.1 Å². The number of fused-ring (bicyclic) bond motifs is 7. The van der Waals surface area contributed by atoms with Gasteiger partial charge >= 0.3 is 5.97 Å². The molecule has 244 valence electrons. The molecule has 44 heavy (non-hydrogen) atoms. The zero-order valence-corrected chi connectivity index (χ0v) is 29.2. The van der Waals surface area contributed by atoms with Gasteiger partial charge in [0, 0.05) is 11.8 Å². The lowest BCUT2D eigenvalue weighted by molar-refractivity contribution is -0.198. The first-order valence-corrected chi connectivity index (χ1v) is 18.2. The van der Waals surface area contributed by atoms with Crippen LogP contribution in [0.2, 0.25) is 0 Å². The summed E-state index contributed by atoms with van der Waals surface area (Å²) in [6.07, 6.45) is 18.0. The van der Waals surface area contributed by atoms with Gasteiger partial charge in [-0.15, -0.1) is 0 Å². The Morgan fingerprint density at radius 1 is 0.977 bits per heavy atom. The predicted octanol–water partition coefficient (Wildman–Crippen LogP) is 9.14. The molecule has 6 aliphatic carbocycles. The first-order valence-electron chi connectivity index (χ1n) is 18.2. The predicted molar refractivity (Wildman–Crippen MR) is 179 cm³/mol. The minimum atomic E-state index is -0.0239. The molecule has 2 N–H and O–H groups in total. The van der Waals surface area contributed by atoms with Gasteiger partial charge in [-0.1, -0.05) is 66.2 Å². The molecule has 0 heterocycles. The number of Topliss-reactive ketones (excluding diaryl/α,β-unsaturated/α-hetero) is 1. The van der Waals surface area contributed by atoms with Gasteiger partial charge in [-0.3, -0.25) is 9.59 Å². The number of hydrogen-bond donors (Lipinski definition) is 1. The third-order valence-corrected chi connectivity index (χ3v) is 15.2. The van der Waals surface area contributed by atoms with Gasteiger partial charge in [0.05, 0.1) is 12.5 Å². The van der Waals surface area contributed by atoms with Crippen LogP contribution < -0.4 is 5.73 Å². The van der Waals surface area contributed by atoms with Crippen molar-refractivity contribution in [2.75, 3.05) is 13.2 Å². The molecule has 8 atom stereocenters. The lowest BCUT2D eigenvalue weighted by Crippen LogP contribution is -2.64. The van der Waals surface area contributed by atoms with Gasteiger partial charge < -0.3 is 10.5 Å². The highest BCUT2D eigenvalue weighted by Crippen LogP contribution is 2.77. The van der Waals surface area contributed by atoms with Crippen molar-refractivity contribution in [3.8, 4) is 0 Å². The minimum absolute atomic E-state index is 0.0168. The maximum absolute atomic E-state index is 13.6. The van der Waals surface area contributed by atoms with Crippen LogP contribution >= 0.6 is 0 Å². The quantitative estimate of drug-likeness (QED) is 0.307. The number of nitrogens with two attached hydrogens (primary N) is 1. The summed E-state index contributed by atoms with van der Waals surface area (Å²) >= 11 is 0. The summed E-state index contributed by atoms with van der Waals surface area (Å²) in [5.41, 5.74) is 12.9. The normalized spacial score (nSPS) is 43.0. The Morgan fingerprint density at radius 3 is 2.36 bits per heavy atom. The van der Waals surface area contributed by atoms with E-state index in [1.165, 1.54) is 43.3 Å². The van der Waals surface area contributed by atoms with Crippen molar-refractivity contribution < 1.29 is 14.3 Å². The van der Waals surface area contributed by atoms with Crippen LogP contribution in [0.1, 0.15) is 132 Å². The van der Waals surface area contributed by atoms with Gasteiger partial charge in [-0.25, -0.2) is 0 Å². The van der Waals surface area contributed by atoms with E-state index in [2.05, 4.69) is 60.6 Å². The number of allylic oxidation sites excluding steroid dienone is 6. The topological polar surface area (TPSA) is 69.4 Å². The molecule has 3 fully saturated rings. The molecule has 0 aliphatic heterocycles. The molecule has 0 aromatic rings. The summed E-state index contributed by atoms with van der Waals surface area (Å²) in [5, 5.41) is 0. The van der Waals surface area contributed by atoms with Crippen LogP contribution in [0.15, 0.2) is 34.4 Å². The number of hydrogen-bond acceptors (Lipinski definition) is 4. The first-order chi connectivity index (χ1) is 20.7. The van der Waals surface area contributed by atoms with Gasteiger partial charge in [-0.05, 0) is 146 Å². The fourth-order valence-electron chi connectivity index (χ4n) is 13.0. The van der Waals surface area contributed by atoms with Crippen molar-refractivity contribution in [2.24, 2.45) is 62.4 Å². The molecule has 0 bridgehead atoms. The van der Waals surface area contributed by atoms with E-state index in [4.69, 9.17) is 10.5 Å². The number of ketones is 1. The Kier molecular flexibility index (Phi) is 8.03. The smallest absolute Gasteiger partial charge is 0.309 e. The van der Waals surface area contributed by atoms with E-state index in [0.717, 1.165) is 38.5 Å². The second-order valence-corrected chi connectivity index (χ2v) is 17.5. The molecule has 6 rings (SSSR count). The van der Waals surface area contributed by atoms with Crippen LogP contribution in [0, 0.1) is 56.7 Å². The summed E-state index contributed by atoms with van der Waals surface area (Å²) < 4.78 is 5.35. The largest absolute Gasteiger partial charge is 0.466 e. The van der Waals surface area contributed by atoms with Crippen molar-refractivity contribution in [3.05, 3.63) is 34.4 Å². The Hall–Kier alpha value is -1.68. The zero-order valence-electron chi connectivity index (χ0n) is 29.2. The van der Waals surface area contributed by atoms with Gasteiger partial charge in [0.25, 0.3) is 0 Å². The van der Waals surface area contributed by atoms with E-state index in [9.17, 15) is 9.59 Å². The molecular weight excluding hydrogens is 542 g/mol. The van der Waals surface area contributed by atoms with E-state index >= 15 is 0 Å². The SMILES string of the molecule is CCOC(=O)C1CC=C(C2=CC[C@@]3(C)C(CC[C@]4(C)C3CC[C@@H]3C5=C(C(C)C)C(=O)C[C@]5(CCN)CC[C@]34C)C2(C)C)CC1. The molecule has 0 amide bonds. The van der Waals surface area contributed by atoms with Crippen LogP contribution in [0.3, 0.4) is 0 Å². The number of carbonyl (C=O) groups excluding carboxylic acids is 2. The highest BCUT2D eigenvalue weighted by molar-refractivity contribution is 6.00. The van der Waals surface area contributed by atoms with Crippen molar-refractivity contribution in [1.82, 2.24) is 0 Å². The Bertz CT molecular complexity index is 1300. The van der Waals surface area contributed by atoms with Crippen LogP contribution in [0.25, 0.3) is 0 Å². The molecule has 4 nitrogen and oxygen atoms in total. The van der Waals surface area contributed by atoms with Gasteiger partial charge in [-0.2, -0.15) is 0 Å². The minimum Gasteiger partial charge on any atom is -0.466 e. The van der Waals surface area contributed by atoms with E-state index < -0.39 is 0 Å². The average Bonchev–Trinajstić information content (AvgIpc) is 3.25. The van der Waals surface area contributed by atoms with Crippen molar-refractivity contribution in [3.63, 3.8) is 0 Å². The van der Waals surface area contributed by atoms with E-state index in [1.807, 2.05) is 6.92 Å². The van der Waals surface area contributed by atoms with Crippen molar-refractivity contribution >= 4 is 11.8 Å². The summed E-state index contributed by atoms with van der Waals surface area (Å²) in [6.45, 7) is 20.6. The van der Waals surface area contributed by atoms with Crippen molar-refractivity contribution in [1.29, 1.82) is 0 Å². The molecule has 0 radical (unpaired) electrons. The number of carbonyl (C=O) groups is 2. The van der Waals surface area contributed by atoms with Crippen LogP contribution in [-0.4, -0.2) is 24.9 Å². The lowest BCUT2D eigenvalue weighted by Gasteiger charge is -2.71. The molecule has 0 saturated heterocycles. The fraction of sp³-hybridized carbons (Fsp3) is 0.800. The highest BCUT2D eigenvalue weighted by atomic mass is 16.5. The molecule has 3 unspecified atom stereocenters. The molecule has 6 aliphatic rings. The Morgan fingerprint density at radius 2 is 1.73 bits per heavy atom. The number of esters is 1. The summed E-state index contributed by atoms with van der Waals surface area (Å²) in [7, 11) is 0. The summed E-state index contributed by atoms with van der Waals surface area (Å²) in [4.78, 5) is 26.0. The van der Waals surface area contributed by atoms with E-state index in [-0.39, 0.29) is 39.0 Å². The molecule has 0 spiro atoms.